The third-order valence-electron chi connectivity index (χ3n) is 1.92. The highest BCUT2D eigenvalue weighted by molar-refractivity contribution is 5.72. The Hall–Kier alpha value is -1.58. The van der Waals surface area contributed by atoms with Gasteiger partial charge in [-0.25, -0.2) is 4.98 Å². The molecule has 1 heterocycles. The summed E-state index contributed by atoms with van der Waals surface area (Å²) in [7, 11) is 0. The van der Waals surface area contributed by atoms with Crippen molar-refractivity contribution >= 4 is 11.7 Å². The summed E-state index contributed by atoms with van der Waals surface area (Å²) in [5.74, 6) is 0.904. The zero-order valence-corrected chi connectivity index (χ0v) is 9.21. The van der Waals surface area contributed by atoms with Crippen LogP contribution in [0.4, 0.5) is 5.82 Å². The summed E-state index contributed by atoms with van der Waals surface area (Å²) >= 11 is 0. The Morgan fingerprint density at radius 3 is 2.87 bits per heavy atom. The van der Waals surface area contributed by atoms with Gasteiger partial charge in [-0.1, -0.05) is 6.07 Å². The van der Waals surface area contributed by atoms with Crippen LogP contribution in [0.5, 0.6) is 0 Å². The average molecular weight is 207 g/mol. The summed E-state index contributed by atoms with van der Waals surface area (Å²) in [5.41, 5.74) is 1.00. The van der Waals surface area contributed by atoms with Gasteiger partial charge in [-0.15, -0.1) is 0 Å². The summed E-state index contributed by atoms with van der Waals surface area (Å²) in [5, 5.41) is 5.94. The minimum atomic E-state index is 0.0173. The topological polar surface area (TPSA) is 54.0 Å². The van der Waals surface area contributed by atoms with E-state index in [1.54, 1.807) is 0 Å². The number of amides is 1. The summed E-state index contributed by atoms with van der Waals surface area (Å²) < 4.78 is 0. The van der Waals surface area contributed by atoms with Gasteiger partial charge >= 0.3 is 0 Å². The van der Waals surface area contributed by atoms with Crippen molar-refractivity contribution in [1.29, 1.82) is 0 Å². The quantitative estimate of drug-likeness (QED) is 0.716. The first-order valence-corrected chi connectivity index (χ1v) is 5.10. The van der Waals surface area contributed by atoms with Gasteiger partial charge in [0, 0.05) is 25.7 Å². The molecule has 0 aliphatic heterocycles. The number of anilines is 1. The van der Waals surface area contributed by atoms with Crippen molar-refractivity contribution in [1.82, 2.24) is 10.3 Å². The first-order valence-electron chi connectivity index (χ1n) is 5.10. The molecule has 1 rings (SSSR count). The Kier molecular flexibility index (Phi) is 4.60. The van der Waals surface area contributed by atoms with Crippen LogP contribution in [0.3, 0.4) is 0 Å². The van der Waals surface area contributed by atoms with Gasteiger partial charge < -0.3 is 10.6 Å². The lowest BCUT2D eigenvalue weighted by atomic mass is 10.3. The van der Waals surface area contributed by atoms with Gasteiger partial charge in [-0.05, 0) is 25.5 Å². The fourth-order valence-corrected chi connectivity index (χ4v) is 1.21. The molecule has 2 N–H and O–H groups in total. The van der Waals surface area contributed by atoms with Gasteiger partial charge in [0.05, 0.1) is 0 Å². The second-order valence-electron chi connectivity index (χ2n) is 3.43. The van der Waals surface area contributed by atoms with Crippen LogP contribution in [-0.4, -0.2) is 24.0 Å². The van der Waals surface area contributed by atoms with E-state index in [2.05, 4.69) is 15.6 Å². The zero-order valence-electron chi connectivity index (χ0n) is 9.21. The van der Waals surface area contributed by atoms with E-state index in [1.165, 1.54) is 6.92 Å². The highest BCUT2D eigenvalue weighted by Gasteiger charge is 1.94. The van der Waals surface area contributed by atoms with E-state index in [0.29, 0.717) is 6.54 Å². The van der Waals surface area contributed by atoms with E-state index < -0.39 is 0 Å². The van der Waals surface area contributed by atoms with Gasteiger partial charge in [0.25, 0.3) is 0 Å². The zero-order chi connectivity index (χ0) is 11.1. The summed E-state index contributed by atoms with van der Waals surface area (Å²) in [6.07, 6.45) is 0.898. The van der Waals surface area contributed by atoms with Crippen LogP contribution in [0.2, 0.25) is 0 Å². The van der Waals surface area contributed by atoms with Crippen LogP contribution in [0.25, 0.3) is 0 Å². The highest BCUT2D eigenvalue weighted by Crippen LogP contribution is 2.02. The molecule has 4 nitrogen and oxygen atoms in total. The number of pyridine rings is 1. The molecule has 1 amide bonds. The summed E-state index contributed by atoms with van der Waals surface area (Å²) in [6, 6.07) is 5.87. The summed E-state index contributed by atoms with van der Waals surface area (Å²) in [4.78, 5) is 14.9. The fourth-order valence-electron chi connectivity index (χ4n) is 1.21. The smallest absolute Gasteiger partial charge is 0.216 e. The van der Waals surface area contributed by atoms with Crippen molar-refractivity contribution in [3.05, 3.63) is 23.9 Å². The van der Waals surface area contributed by atoms with Crippen molar-refractivity contribution in [3.8, 4) is 0 Å². The third kappa shape index (κ3) is 5.00. The maximum atomic E-state index is 10.6. The van der Waals surface area contributed by atoms with Crippen molar-refractivity contribution in [2.75, 3.05) is 18.4 Å². The van der Waals surface area contributed by atoms with Gasteiger partial charge in [-0.2, -0.15) is 0 Å². The number of aryl methyl sites for hydroxylation is 1. The first-order chi connectivity index (χ1) is 7.18. The van der Waals surface area contributed by atoms with Crippen LogP contribution in [0, 0.1) is 6.92 Å². The van der Waals surface area contributed by atoms with Gasteiger partial charge in [0.1, 0.15) is 5.82 Å². The predicted octanol–water partition coefficient (Wildman–Crippen LogP) is 1.33. The number of aromatic nitrogens is 1. The average Bonchev–Trinajstić information content (AvgIpc) is 2.17. The van der Waals surface area contributed by atoms with E-state index in [-0.39, 0.29) is 5.91 Å². The fraction of sp³-hybridized carbons (Fsp3) is 0.455. The third-order valence-corrected chi connectivity index (χ3v) is 1.92. The van der Waals surface area contributed by atoms with Crippen LogP contribution >= 0.6 is 0 Å². The Balaban J connectivity index is 2.17. The first kappa shape index (κ1) is 11.5. The van der Waals surface area contributed by atoms with Gasteiger partial charge in [0.2, 0.25) is 5.91 Å². The molecule has 0 fully saturated rings. The molecule has 0 bridgehead atoms. The van der Waals surface area contributed by atoms with E-state index in [4.69, 9.17) is 0 Å². The molecule has 0 atom stereocenters. The minimum absolute atomic E-state index is 0.0173. The largest absolute Gasteiger partial charge is 0.370 e. The molecule has 4 heteroatoms. The van der Waals surface area contributed by atoms with Crippen LogP contribution in [0.15, 0.2) is 18.2 Å². The SMILES string of the molecule is CC(=O)NCCCNc1cccc(C)n1. The normalized spacial score (nSPS) is 9.73. The molecule has 0 aliphatic rings. The molecule has 0 aromatic carbocycles. The minimum Gasteiger partial charge on any atom is -0.370 e. The molecule has 1 aromatic rings. The Labute approximate surface area is 90.1 Å². The molecule has 0 unspecified atom stereocenters. The van der Waals surface area contributed by atoms with E-state index in [9.17, 15) is 4.79 Å². The molecule has 0 radical (unpaired) electrons. The van der Waals surface area contributed by atoms with Crippen LogP contribution in [-0.2, 0) is 4.79 Å². The molecule has 0 saturated carbocycles. The van der Waals surface area contributed by atoms with E-state index >= 15 is 0 Å². The second-order valence-corrected chi connectivity index (χ2v) is 3.43. The molecule has 0 saturated heterocycles. The molecule has 0 aliphatic carbocycles. The number of rotatable bonds is 5. The van der Waals surface area contributed by atoms with Crippen molar-refractivity contribution in [2.24, 2.45) is 0 Å². The second kappa shape index (κ2) is 6.01. The van der Waals surface area contributed by atoms with Crippen LogP contribution < -0.4 is 10.6 Å². The monoisotopic (exact) mass is 207 g/mol. The highest BCUT2D eigenvalue weighted by atomic mass is 16.1. The molecular formula is C11H17N3O. The Bertz CT molecular complexity index is 325. The number of carbonyl (C=O) groups is 1. The van der Waals surface area contributed by atoms with E-state index in [0.717, 1.165) is 24.5 Å². The van der Waals surface area contributed by atoms with E-state index in [1.807, 2.05) is 25.1 Å². The number of hydrogen-bond acceptors (Lipinski definition) is 3. The van der Waals surface area contributed by atoms with Gasteiger partial charge in [-0.3, -0.25) is 4.79 Å². The van der Waals surface area contributed by atoms with Crippen LogP contribution in [0.1, 0.15) is 19.0 Å². The Morgan fingerprint density at radius 2 is 2.20 bits per heavy atom. The molecular weight excluding hydrogens is 190 g/mol. The van der Waals surface area contributed by atoms with Gasteiger partial charge in [0.15, 0.2) is 0 Å². The lowest BCUT2D eigenvalue weighted by Gasteiger charge is -2.06. The maximum Gasteiger partial charge on any atom is 0.216 e. The van der Waals surface area contributed by atoms with Crippen molar-refractivity contribution in [3.63, 3.8) is 0 Å². The maximum absolute atomic E-state index is 10.6. The standard InChI is InChI=1S/C11H17N3O/c1-9-5-3-6-11(14-9)13-8-4-7-12-10(2)15/h3,5-6H,4,7-8H2,1-2H3,(H,12,15)(H,13,14). The number of hydrogen-bond donors (Lipinski definition) is 2. The van der Waals surface area contributed by atoms with Crippen molar-refractivity contribution < 1.29 is 4.79 Å². The molecule has 0 spiro atoms. The summed E-state index contributed by atoms with van der Waals surface area (Å²) in [6.45, 7) is 5.00. The molecule has 1 aromatic heterocycles. The number of nitrogens with one attached hydrogen (secondary N) is 2. The lowest BCUT2D eigenvalue weighted by molar-refractivity contribution is -0.118. The Morgan fingerprint density at radius 1 is 1.40 bits per heavy atom. The number of nitrogens with zero attached hydrogens (tertiary/aromatic N) is 1. The lowest BCUT2D eigenvalue weighted by Crippen LogP contribution is -2.22. The number of carbonyl (C=O) groups excluding carboxylic acids is 1. The van der Waals surface area contributed by atoms with Crippen molar-refractivity contribution in [2.45, 2.75) is 20.3 Å². The molecule has 82 valence electrons. The predicted molar refractivity (Wildman–Crippen MR) is 60.8 cm³/mol. The molecule has 15 heavy (non-hydrogen) atoms.